The molecule has 1 saturated heterocycles. The van der Waals surface area contributed by atoms with Crippen molar-refractivity contribution in [3.05, 3.63) is 35.1 Å². The number of hydrogen-bond acceptors (Lipinski definition) is 3. The minimum absolute atomic E-state index is 0.241. The summed E-state index contributed by atoms with van der Waals surface area (Å²) in [5.41, 5.74) is 1.30. The highest BCUT2D eigenvalue weighted by Crippen LogP contribution is 2.20. The maximum absolute atomic E-state index is 13.5. The lowest BCUT2D eigenvalue weighted by Gasteiger charge is -2.38. The topological polar surface area (TPSA) is 26.7 Å². The van der Waals surface area contributed by atoms with E-state index in [4.69, 9.17) is 0 Å². The van der Waals surface area contributed by atoms with Crippen LogP contribution in [0.15, 0.2) is 18.2 Å². The maximum Gasteiger partial charge on any atom is 0.126 e. The van der Waals surface area contributed by atoms with Gasteiger partial charge in [0.25, 0.3) is 0 Å². The SMILES string of the molecule is Cc1ccc(C(O)CCN2CCN(C)C(C)C2)cc1F. The molecule has 1 aliphatic rings. The van der Waals surface area contributed by atoms with Crippen molar-refractivity contribution in [3.63, 3.8) is 0 Å². The first kappa shape index (κ1) is 15.4. The molecular formula is C16H25FN2O. The molecule has 4 heteroatoms. The molecule has 1 fully saturated rings. The molecule has 0 aliphatic carbocycles. The zero-order valence-electron chi connectivity index (χ0n) is 12.6. The monoisotopic (exact) mass is 280 g/mol. The van der Waals surface area contributed by atoms with Crippen molar-refractivity contribution in [2.75, 3.05) is 33.2 Å². The summed E-state index contributed by atoms with van der Waals surface area (Å²) >= 11 is 0. The Labute approximate surface area is 121 Å². The molecule has 1 N–H and O–H groups in total. The van der Waals surface area contributed by atoms with Crippen molar-refractivity contribution < 1.29 is 9.50 Å². The summed E-state index contributed by atoms with van der Waals surface area (Å²) in [5.74, 6) is -0.241. The molecular weight excluding hydrogens is 255 g/mol. The molecule has 20 heavy (non-hydrogen) atoms. The van der Waals surface area contributed by atoms with Gasteiger partial charge in [-0.05, 0) is 44.5 Å². The molecule has 0 aromatic heterocycles. The van der Waals surface area contributed by atoms with Crippen LogP contribution in [0.4, 0.5) is 4.39 Å². The first-order valence-corrected chi connectivity index (χ1v) is 7.34. The van der Waals surface area contributed by atoms with E-state index in [0.717, 1.165) is 26.2 Å². The average molecular weight is 280 g/mol. The zero-order chi connectivity index (χ0) is 14.7. The van der Waals surface area contributed by atoms with Gasteiger partial charge in [-0.1, -0.05) is 12.1 Å². The quantitative estimate of drug-likeness (QED) is 0.916. The summed E-state index contributed by atoms with van der Waals surface area (Å²) in [6, 6.07) is 5.55. The molecule has 3 nitrogen and oxygen atoms in total. The van der Waals surface area contributed by atoms with Crippen molar-refractivity contribution in [2.45, 2.75) is 32.4 Å². The molecule has 112 valence electrons. The van der Waals surface area contributed by atoms with Crippen LogP contribution in [-0.2, 0) is 0 Å². The third kappa shape index (κ3) is 3.78. The number of piperazine rings is 1. The van der Waals surface area contributed by atoms with E-state index >= 15 is 0 Å². The summed E-state index contributed by atoms with van der Waals surface area (Å²) in [5, 5.41) is 10.2. The molecule has 0 radical (unpaired) electrons. The van der Waals surface area contributed by atoms with Crippen molar-refractivity contribution in [2.24, 2.45) is 0 Å². The first-order chi connectivity index (χ1) is 9.47. The van der Waals surface area contributed by atoms with Crippen molar-refractivity contribution in [1.29, 1.82) is 0 Å². The molecule has 1 aliphatic heterocycles. The van der Waals surface area contributed by atoms with E-state index in [-0.39, 0.29) is 5.82 Å². The van der Waals surface area contributed by atoms with E-state index < -0.39 is 6.10 Å². The summed E-state index contributed by atoms with van der Waals surface area (Å²) in [4.78, 5) is 4.72. The minimum atomic E-state index is -0.583. The summed E-state index contributed by atoms with van der Waals surface area (Å²) < 4.78 is 13.5. The zero-order valence-corrected chi connectivity index (χ0v) is 12.6. The largest absolute Gasteiger partial charge is 0.388 e. The van der Waals surface area contributed by atoms with Crippen LogP contribution in [0.5, 0.6) is 0 Å². The Morgan fingerprint density at radius 1 is 1.40 bits per heavy atom. The molecule has 0 saturated carbocycles. The Balaban J connectivity index is 1.85. The Kier molecular flexibility index (Phi) is 5.13. The molecule has 1 aromatic rings. The lowest BCUT2D eigenvalue weighted by Crippen LogP contribution is -2.50. The van der Waals surface area contributed by atoms with Gasteiger partial charge in [0.05, 0.1) is 6.10 Å². The van der Waals surface area contributed by atoms with Crippen LogP contribution < -0.4 is 0 Å². The van der Waals surface area contributed by atoms with Gasteiger partial charge >= 0.3 is 0 Å². The average Bonchev–Trinajstić information content (AvgIpc) is 2.43. The molecule has 0 spiro atoms. The van der Waals surface area contributed by atoms with Gasteiger partial charge in [0.15, 0.2) is 0 Å². The van der Waals surface area contributed by atoms with Gasteiger partial charge in [-0.3, -0.25) is 0 Å². The Bertz CT molecular complexity index is 452. The van der Waals surface area contributed by atoms with Crippen LogP contribution in [0.2, 0.25) is 0 Å². The van der Waals surface area contributed by atoms with Gasteiger partial charge in [-0.2, -0.15) is 0 Å². The van der Waals surface area contributed by atoms with E-state index in [9.17, 15) is 9.50 Å². The van der Waals surface area contributed by atoms with Crippen LogP contribution in [-0.4, -0.2) is 54.2 Å². The standard InChI is InChI=1S/C16H25FN2O/c1-12-4-5-14(10-15(12)17)16(20)6-7-19-9-8-18(3)13(2)11-19/h4-5,10,13,16,20H,6-9,11H2,1-3H3. The third-order valence-corrected chi connectivity index (χ3v) is 4.34. The van der Waals surface area contributed by atoms with Gasteiger partial charge in [0.2, 0.25) is 0 Å². The van der Waals surface area contributed by atoms with Crippen LogP contribution in [0.1, 0.15) is 30.6 Å². The maximum atomic E-state index is 13.5. The highest BCUT2D eigenvalue weighted by atomic mass is 19.1. The van der Waals surface area contributed by atoms with Crippen LogP contribution in [0.3, 0.4) is 0 Å². The molecule has 1 aromatic carbocycles. The molecule has 1 heterocycles. The van der Waals surface area contributed by atoms with Gasteiger partial charge in [0, 0.05) is 32.2 Å². The predicted octanol–water partition coefficient (Wildman–Crippen LogP) is 2.19. The minimum Gasteiger partial charge on any atom is -0.388 e. The smallest absolute Gasteiger partial charge is 0.126 e. The Hall–Kier alpha value is -0.970. The Morgan fingerprint density at radius 2 is 2.15 bits per heavy atom. The number of nitrogens with zero attached hydrogens (tertiary/aromatic N) is 2. The lowest BCUT2D eigenvalue weighted by molar-refractivity contribution is 0.0838. The summed E-state index contributed by atoms with van der Waals surface area (Å²) in [6.07, 6.45) is 0.0684. The highest BCUT2D eigenvalue weighted by molar-refractivity contribution is 5.24. The van der Waals surface area contributed by atoms with Gasteiger partial charge in [0.1, 0.15) is 5.82 Å². The lowest BCUT2D eigenvalue weighted by atomic mass is 10.0. The van der Waals surface area contributed by atoms with Crippen molar-refractivity contribution >= 4 is 0 Å². The van der Waals surface area contributed by atoms with E-state index in [2.05, 4.69) is 23.8 Å². The Morgan fingerprint density at radius 3 is 2.80 bits per heavy atom. The predicted molar refractivity (Wildman–Crippen MR) is 79.2 cm³/mol. The van der Waals surface area contributed by atoms with Crippen LogP contribution in [0, 0.1) is 12.7 Å². The second-order valence-corrected chi connectivity index (χ2v) is 5.94. The van der Waals surface area contributed by atoms with Crippen LogP contribution >= 0.6 is 0 Å². The third-order valence-electron chi connectivity index (χ3n) is 4.34. The van der Waals surface area contributed by atoms with Gasteiger partial charge < -0.3 is 14.9 Å². The number of aliphatic hydroxyl groups is 1. The first-order valence-electron chi connectivity index (χ1n) is 7.34. The normalized spacial score (nSPS) is 22.9. The number of hydrogen-bond donors (Lipinski definition) is 1. The highest BCUT2D eigenvalue weighted by Gasteiger charge is 2.21. The van der Waals surface area contributed by atoms with E-state index in [1.54, 1.807) is 13.0 Å². The van der Waals surface area contributed by atoms with Gasteiger partial charge in [-0.15, -0.1) is 0 Å². The molecule has 2 atom stereocenters. The fourth-order valence-electron chi connectivity index (χ4n) is 2.61. The van der Waals surface area contributed by atoms with Crippen LogP contribution in [0.25, 0.3) is 0 Å². The van der Waals surface area contributed by atoms with E-state index in [1.807, 2.05) is 6.07 Å². The summed E-state index contributed by atoms with van der Waals surface area (Å²) in [6.45, 7) is 7.95. The fraction of sp³-hybridized carbons (Fsp3) is 0.625. The second kappa shape index (κ2) is 6.66. The van der Waals surface area contributed by atoms with Crippen molar-refractivity contribution in [3.8, 4) is 0 Å². The number of likely N-dealkylation sites (N-methyl/N-ethyl adjacent to an activating group) is 1. The number of aliphatic hydroxyl groups excluding tert-OH is 1. The number of benzene rings is 1. The number of aryl methyl sites for hydroxylation is 1. The molecule has 2 unspecified atom stereocenters. The second-order valence-electron chi connectivity index (χ2n) is 5.94. The molecule has 0 amide bonds. The summed E-state index contributed by atoms with van der Waals surface area (Å²) in [7, 11) is 2.14. The van der Waals surface area contributed by atoms with Gasteiger partial charge in [-0.25, -0.2) is 4.39 Å². The number of halogens is 1. The van der Waals surface area contributed by atoms with E-state index in [1.165, 1.54) is 6.07 Å². The molecule has 0 bridgehead atoms. The van der Waals surface area contributed by atoms with Crippen molar-refractivity contribution in [1.82, 2.24) is 9.80 Å². The number of rotatable bonds is 4. The molecule has 2 rings (SSSR count). The fourth-order valence-corrected chi connectivity index (χ4v) is 2.61. The van der Waals surface area contributed by atoms with E-state index in [0.29, 0.717) is 23.6 Å².